The van der Waals surface area contributed by atoms with E-state index >= 15 is 0 Å². The molecule has 0 aliphatic carbocycles. The van der Waals surface area contributed by atoms with Gasteiger partial charge in [-0.2, -0.15) is 0 Å². The van der Waals surface area contributed by atoms with Crippen molar-refractivity contribution >= 4 is 14.6 Å². The molecule has 0 bridgehead atoms. The maximum Gasteiger partial charge on any atom is 0.621 e. The number of hydrogen-bond acceptors (Lipinski definition) is 8. The maximum absolute atomic E-state index is 8.15. The van der Waals surface area contributed by atoms with Crippen molar-refractivity contribution in [3.8, 4) is 0 Å². The molecule has 7 N–H and O–H groups in total. The van der Waals surface area contributed by atoms with Gasteiger partial charge in [-0.15, -0.1) is 0 Å². The Bertz CT molecular complexity index is 95.7. The largest absolute Gasteiger partial charge is 0.621 e. The molecule has 0 amide bonds. The van der Waals surface area contributed by atoms with Crippen molar-refractivity contribution in [1.29, 1.82) is 0 Å². The molecule has 0 aliphatic rings. The third-order valence-electron chi connectivity index (χ3n) is 0.821. The molecule has 0 aromatic rings. The smallest absolute Gasteiger partial charge is 0.402 e. The second-order valence-electron chi connectivity index (χ2n) is 1.99. The van der Waals surface area contributed by atoms with Gasteiger partial charge in [-0.1, -0.05) is 0 Å². The van der Waals surface area contributed by atoms with Crippen molar-refractivity contribution in [3.63, 3.8) is 0 Å². The average molecular weight is 211 g/mol. The molecule has 0 saturated carbocycles. The first-order valence-electron chi connectivity index (χ1n) is 3.84. The summed E-state index contributed by atoms with van der Waals surface area (Å²) in [6, 6.07) is 0. The molecule has 0 saturated heterocycles. The van der Waals surface area contributed by atoms with Gasteiger partial charge in [-0.3, -0.25) is 0 Å². The van der Waals surface area contributed by atoms with Crippen LogP contribution in [0.3, 0.4) is 0 Å². The standard InChI is InChI=1S/C4H11NO2.B2H4O5/c6-3-1-5-2-4-7;3-1(4)7-2(5)6/h5-7H,1-4H2;3-6H. The van der Waals surface area contributed by atoms with E-state index in [9.17, 15) is 0 Å². The van der Waals surface area contributed by atoms with E-state index in [1.54, 1.807) is 0 Å². The predicted molar refractivity (Wildman–Crippen MR) is 48.5 cm³/mol. The molecule has 0 fully saturated rings. The van der Waals surface area contributed by atoms with E-state index in [-0.39, 0.29) is 13.2 Å². The Morgan fingerprint density at radius 1 is 0.857 bits per heavy atom. The molecule has 10 heteroatoms. The first-order chi connectivity index (χ1) is 6.54. The second kappa shape index (κ2) is 12.8. The molecule has 0 atom stereocenters. The SMILES string of the molecule is OB(O)OB(O)O.OCCNCCO. The Hall–Kier alpha value is -0.190. The lowest BCUT2D eigenvalue weighted by molar-refractivity contribution is 0.213. The minimum absolute atomic E-state index is 0.139. The molecular formula is C4H15B2NO7. The Balaban J connectivity index is 0. The molecule has 0 aromatic heterocycles. The van der Waals surface area contributed by atoms with Crippen LogP contribution in [-0.4, -0.2) is 71.3 Å². The summed E-state index contributed by atoms with van der Waals surface area (Å²) in [5.41, 5.74) is 0. The van der Waals surface area contributed by atoms with Crippen LogP contribution in [0, 0.1) is 0 Å². The highest BCUT2D eigenvalue weighted by Crippen LogP contribution is 1.73. The van der Waals surface area contributed by atoms with E-state index in [0.29, 0.717) is 13.1 Å². The normalized spacial score (nSPS) is 9.00. The summed E-state index contributed by atoms with van der Waals surface area (Å²) < 4.78 is 3.47. The Morgan fingerprint density at radius 3 is 1.36 bits per heavy atom. The predicted octanol–water partition coefficient (Wildman–Crippen LogP) is -4.50. The first-order valence-corrected chi connectivity index (χ1v) is 3.84. The quantitative estimate of drug-likeness (QED) is 0.172. The molecule has 0 radical (unpaired) electrons. The lowest BCUT2D eigenvalue weighted by atomic mass is 10.1. The fourth-order valence-electron chi connectivity index (χ4n) is 0.392. The molecule has 0 heterocycles. The molecule has 84 valence electrons. The van der Waals surface area contributed by atoms with Gasteiger partial charge < -0.3 is 40.2 Å². The molecule has 0 aliphatic heterocycles. The fourth-order valence-corrected chi connectivity index (χ4v) is 0.392. The van der Waals surface area contributed by atoms with Crippen LogP contribution in [0.1, 0.15) is 0 Å². The van der Waals surface area contributed by atoms with E-state index < -0.39 is 14.6 Å². The highest BCUT2D eigenvalue weighted by molar-refractivity contribution is 6.48. The lowest BCUT2D eigenvalue weighted by Crippen LogP contribution is -2.28. The van der Waals surface area contributed by atoms with Gasteiger partial charge in [0.25, 0.3) is 0 Å². The number of hydrogen-bond donors (Lipinski definition) is 7. The molecular weight excluding hydrogens is 196 g/mol. The molecule has 0 unspecified atom stereocenters. The minimum Gasteiger partial charge on any atom is -0.402 e. The summed E-state index contributed by atoms with van der Waals surface area (Å²) in [7, 11) is -4.25. The number of aliphatic hydroxyl groups is 2. The van der Waals surface area contributed by atoms with Crippen molar-refractivity contribution in [2.45, 2.75) is 0 Å². The van der Waals surface area contributed by atoms with Crippen LogP contribution in [0.4, 0.5) is 0 Å². The third-order valence-corrected chi connectivity index (χ3v) is 0.821. The zero-order chi connectivity index (χ0) is 11.4. The fraction of sp³-hybridized carbons (Fsp3) is 1.00. The van der Waals surface area contributed by atoms with Gasteiger partial charge in [-0.25, -0.2) is 0 Å². The Labute approximate surface area is 82.1 Å². The highest BCUT2D eigenvalue weighted by atomic mass is 16.7. The minimum atomic E-state index is -2.13. The van der Waals surface area contributed by atoms with Gasteiger partial charge in [0.1, 0.15) is 0 Å². The Morgan fingerprint density at radius 2 is 1.21 bits per heavy atom. The summed E-state index contributed by atoms with van der Waals surface area (Å²) in [5, 5.41) is 50.0. The monoisotopic (exact) mass is 211 g/mol. The number of rotatable bonds is 6. The molecule has 0 spiro atoms. The van der Waals surface area contributed by atoms with Gasteiger partial charge in [0.05, 0.1) is 13.2 Å². The van der Waals surface area contributed by atoms with Crippen LogP contribution < -0.4 is 5.32 Å². The summed E-state index contributed by atoms with van der Waals surface area (Å²) in [5.74, 6) is 0. The number of nitrogens with one attached hydrogen (secondary N) is 1. The van der Waals surface area contributed by atoms with Crippen LogP contribution in [0.5, 0.6) is 0 Å². The molecule has 14 heavy (non-hydrogen) atoms. The van der Waals surface area contributed by atoms with Crippen molar-refractivity contribution in [2.75, 3.05) is 26.3 Å². The molecule has 0 rings (SSSR count). The van der Waals surface area contributed by atoms with Gasteiger partial charge in [-0.05, 0) is 0 Å². The highest BCUT2D eigenvalue weighted by Gasteiger charge is 2.18. The first kappa shape index (κ1) is 16.2. The lowest BCUT2D eigenvalue weighted by Gasteiger charge is -1.95. The van der Waals surface area contributed by atoms with Crippen LogP contribution in [0.2, 0.25) is 0 Å². The van der Waals surface area contributed by atoms with Crippen LogP contribution in [0.15, 0.2) is 0 Å². The van der Waals surface area contributed by atoms with Gasteiger partial charge in [0.15, 0.2) is 0 Å². The van der Waals surface area contributed by atoms with Crippen molar-refractivity contribution in [3.05, 3.63) is 0 Å². The Kier molecular flexibility index (Phi) is 14.9. The van der Waals surface area contributed by atoms with E-state index in [2.05, 4.69) is 9.89 Å². The topological polar surface area (TPSA) is 143 Å². The van der Waals surface area contributed by atoms with Gasteiger partial charge in [0, 0.05) is 13.1 Å². The second-order valence-corrected chi connectivity index (χ2v) is 1.99. The van der Waals surface area contributed by atoms with Gasteiger partial charge >= 0.3 is 14.6 Å². The average Bonchev–Trinajstić information content (AvgIpc) is 2.04. The van der Waals surface area contributed by atoms with E-state index in [0.717, 1.165) is 0 Å². The maximum atomic E-state index is 8.15. The third kappa shape index (κ3) is 22.6. The van der Waals surface area contributed by atoms with Crippen molar-refractivity contribution in [2.24, 2.45) is 0 Å². The van der Waals surface area contributed by atoms with Crippen LogP contribution in [-0.2, 0) is 4.57 Å². The van der Waals surface area contributed by atoms with Gasteiger partial charge in [0.2, 0.25) is 0 Å². The van der Waals surface area contributed by atoms with E-state index in [1.165, 1.54) is 0 Å². The summed E-state index contributed by atoms with van der Waals surface area (Å²) in [4.78, 5) is 0. The zero-order valence-corrected chi connectivity index (χ0v) is 7.57. The zero-order valence-electron chi connectivity index (χ0n) is 7.57. The summed E-state index contributed by atoms with van der Waals surface area (Å²) >= 11 is 0. The summed E-state index contributed by atoms with van der Waals surface area (Å²) in [6.07, 6.45) is 0. The molecule has 8 nitrogen and oxygen atoms in total. The van der Waals surface area contributed by atoms with Crippen molar-refractivity contribution < 1.29 is 34.9 Å². The summed E-state index contributed by atoms with van der Waals surface area (Å²) in [6.45, 7) is 1.42. The van der Waals surface area contributed by atoms with Crippen LogP contribution >= 0.6 is 0 Å². The van der Waals surface area contributed by atoms with Crippen LogP contribution in [0.25, 0.3) is 0 Å². The van der Waals surface area contributed by atoms with E-state index in [4.69, 9.17) is 30.3 Å². The molecule has 0 aromatic carbocycles. The number of aliphatic hydroxyl groups excluding tert-OH is 2. The van der Waals surface area contributed by atoms with Crippen molar-refractivity contribution in [1.82, 2.24) is 5.32 Å². The van der Waals surface area contributed by atoms with E-state index in [1.807, 2.05) is 0 Å².